The molecule has 0 radical (unpaired) electrons. The summed E-state index contributed by atoms with van der Waals surface area (Å²) in [5, 5.41) is 22.0. The van der Waals surface area contributed by atoms with Gasteiger partial charge in [-0.2, -0.15) is 0 Å². The third-order valence-electron chi connectivity index (χ3n) is 2.65. The van der Waals surface area contributed by atoms with E-state index in [1.807, 2.05) is 0 Å². The molecule has 8 nitrogen and oxygen atoms in total. The van der Waals surface area contributed by atoms with Crippen molar-refractivity contribution in [1.29, 1.82) is 0 Å². The van der Waals surface area contributed by atoms with Gasteiger partial charge in [-0.15, -0.1) is 0 Å². The molecule has 0 unspecified atom stereocenters. The molecule has 0 saturated heterocycles. The lowest BCUT2D eigenvalue weighted by atomic mass is 10.3. The Kier molecular flexibility index (Phi) is 4.88. The van der Waals surface area contributed by atoms with Crippen molar-refractivity contribution in [2.45, 2.75) is 9.79 Å². The van der Waals surface area contributed by atoms with Gasteiger partial charge >= 0.3 is 0 Å². The predicted octanol–water partition coefficient (Wildman–Crippen LogP) is 3.64. The van der Waals surface area contributed by atoms with Crippen molar-refractivity contribution in [2.24, 2.45) is 0 Å². The van der Waals surface area contributed by atoms with Gasteiger partial charge in [0.2, 0.25) is 8.87 Å². The summed E-state index contributed by atoms with van der Waals surface area (Å²) in [5.74, 6) is 0. The minimum Gasteiger partial charge on any atom is -0.258 e. The van der Waals surface area contributed by atoms with Crippen LogP contribution in [0.5, 0.6) is 0 Å². The second-order valence-electron chi connectivity index (χ2n) is 4.16. The number of nitro groups is 2. The second kappa shape index (κ2) is 6.52. The standard InChI is InChI=1S/C12H7ClN2O6S2/c13-8-1-4-10(5-2-8)23(20,21)22-12-6-3-9(14(16)17)7-11(12)15(18)19/h1-7H. The first-order valence-corrected chi connectivity index (χ1v) is 9.03. The molecule has 0 heterocycles. The minimum absolute atomic E-state index is 0.0837. The number of nitro benzene ring substituents is 2. The van der Waals surface area contributed by atoms with Crippen LogP contribution in [0.3, 0.4) is 0 Å². The molecule has 0 aliphatic heterocycles. The molecule has 0 aliphatic carbocycles. The van der Waals surface area contributed by atoms with Gasteiger partial charge in [0.1, 0.15) is 4.90 Å². The van der Waals surface area contributed by atoms with Crippen molar-refractivity contribution in [3.05, 3.63) is 67.7 Å². The number of hydrogen-bond acceptors (Lipinski definition) is 7. The fourth-order valence-corrected chi connectivity index (χ4v) is 4.62. The molecule has 0 aromatic heterocycles. The summed E-state index contributed by atoms with van der Waals surface area (Å²) in [4.78, 5) is 19.7. The lowest BCUT2D eigenvalue weighted by Gasteiger charge is -2.05. The van der Waals surface area contributed by atoms with Gasteiger partial charge in [-0.1, -0.05) is 11.6 Å². The van der Waals surface area contributed by atoms with E-state index >= 15 is 0 Å². The van der Waals surface area contributed by atoms with Crippen LogP contribution in [0.15, 0.2) is 52.3 Å². The molecule has 2 aromatic rings. The molecule has 2 aromatic carbocycles. The van der Waals surface area contributed by atoms with E-state index in [1.165, 1.54) is 24.3 Å². The van der Waals surface area contributed by atoms with E-state index in [9.17, 15) is 28.6 Å². The molecule has 2 rings (SSSR count). The fraction of sp³-hybridized carbons (Fsp3) is 0. The summed E-state index contributed by atoms with van der Waals surface area (Å²) in [6.45, 7) is 0. The summed E-state index contributed by atoms with van der Waals surface area (Å²) in [7, 11) is -3.69. The van der Waals surface area contributed by atoms with E-state index in [4.69, 9.17) is 11.6 Å². The normalized spacial score (nSPS) is 11.2. The molecule has 0 atom stereocenters. The highest BCUT2D eigenvalue weighted by molar-refractivity contribution is 8.72. The van der Waals surface area contributed by atoms with E-state index in [0.29, 0.717) is 5.02 Å². The van der Waals surface area contributed by atoms with E-state index in [1.54, 1.807) is 0 Å². The molecule has 0 fully saturated rings. The summed E-state index contributed by atoms with van der Waals surface area (Å²) in [6.07, 6.45) is 0. The Hall–Kier alpha value is -2.17. The molecule has 0 bridgehead atoms. The second-order valence-corrected chi connectivity index (χ2v) is 8.40. The first kappa shape index (κ1) is 17.2. The number of benzene rings is 2. The Morgan fingerprint density at radius 2 is 1.57 bits per heavy atom. The molecule has 23 heavy (non-hydrogen) atoms. The van der Waals surface area contributed by atoms with Gasteiger partial charge in [-0.05, 0) is 30.3 Å². The Morgan fingerprint density at radius 3 is 2.09 bits per heavy atom. The first-order chi connectivity index (χ1) is 10.7. The number of nitrogens with zero attached hydrogens (tertiary/aromatic N) is 2. The number of halogens is 1. The lowest BCUT2D eigenvalue weighted by Crippen LogP contribution is -1.98. The Balaban J connectivity index is 2.44. The van der Waals surface area contributed by atoms with Crippen LogP contribution in [0.2, 0.25) is 5.02 Å². The Morgan fingerprint density at radius 1 is 0.957 bits per heavy atom. The van der Waals surface area contributed by atoms with Gasteiger partial charge in [0.05, 0.1) is 20.8 Å². The predicted molar refractivity (Wildman–Crippen MR) is 84.2 cm³/mol. The zero-order chi connectivity index (χ0) is 17.2. The SMILES string of the molecule is O=[N+]([O-])c1ccc(SS(=O)(=O)c2ccc(Cl)cc2)c([N+](=O)[O-])c1. The van der Waals surface area contributed by atoms with Crippen LogP contribution in [0.25, 0.3) is 0 Å². The smallest absolute Gasteiger partial charge is 0.258 e. The van der Waals surface area contributed by atoms with Gasteiger partial charge in [-0.3, -0.25) is 20.2 Å². The number of rotatable bonds is 5. The summed E-state index contributed by atoms with van der Waals surface area (Å²) in [5.41, 5.74) is -1.15. The quantitative estimate of drug-likeness (QED) is 0.445. The van der Waals surface area contributed by atoms with Gasteiger partial charge in [0.25, 0.3) is 11.4 Å². The fourth-order valence-electron chi connectivity index (χ4n) is 1.60. The summed E-state index contributed by atoms with van der Waals surface area (Å²) in [6, 6.07) is 8.04. The topological polar surface area (TPSA) is 120 Å². The molecule has 0 saturated carbocycles. The average Bonchev–Trinajstić information content (AvgIpc) is 2.47. The monoisotopic (exact) mass is 374 g/mol. The molecular formula is C12H7ClN2O6S2. The maximum absolute atomic E-state index is 12.3. The van der Waals surface area contributed by atoms with E-state index in [2.05, 4.69) is 0 Å². The third-order valence-corrected chi connectivity index (χ3v) is 6.27. The highest BCUT2D eigenvalue weighted by atomic mass is 35.5. The van der Waals surface area contributed by atoms with Crippen LogP contribution in [0, 0.1) is 20.2 Å². The molecule has 120 valence electrons. The highest BCUT2D eigenvalue weighted by Gasteiger charge is 2.25. The molecule has 0 aliphatic rings. The van der Waals surface area contributed by atoms with E-state index < -0.39 is 30.1 Å². The first-order valence-electron chi connectivity index (χ1n) is 5.83. The van der Waals surface area contributed by atoms with Crippen LogP contribution in [0.1, 0.15) is 0 Å². The maximum atomic E-state index is 12.3. The van der Waals surface area contributed by atoms with Crippen LogP contribution >= 0.6 is 22.4 Å². The van der Waals surface area contributed by atoms with Crippen LogP contribution in [-0.4, -0.2) is 18.3 Å². The van der Waals surface area contributed by atoms with E-state index in [0.717, 1.165) is 18.2 Å². The third kappa shape index (κ3) is 3.97. The Bertz CT molecular complexity index is 883. The molecule has 0 spiro atoms. The van der Waals surface area contributed by atoms with Crippen LogP contribution in [-0.2, 0) is 8.87 Å². The zero-order valence-corrected chi connectivity index (χ0v) is 13.5. The van der Waals surface area contributed by atoms with Gasteiger partial charge in [-0.25, -0.2) is 8.42 Å². The number of non-ortho nitro benzene ring substituents is 1. The molecular weight excluding hydrogens is 368 g/mol. The zero-order valence-electron chi connectivity index (χ0n) is 11.1. The molecule has 0 N–H and O–H groups in total. The largest absolute Gasteiger partial charge is 0.290 e. The molecule has 11 heteroatoms. The van der Waals surface area contributed by atoms with Crippen LogP contribution in [0.4, 0.5) is 11.4 Å². The highest BCUT2D eigenvalue weighted by Crippen LogP contribution is 2.38. The van der Waals surface area contributed by atoms with Crippen molar-refractivity contribution < 1.29 is 18.3 Å². The maximum Gasteiger partial charge on any atom is 0.290 e. The number of hydrogen-bond donors (Lipinski definition) is 0. The lowest BCUT2D eigenvalue weighted by molar-refractivity contribution is -0.396. The van der Waals surface area contributed by atoms with Gasteiger partial charge < -0.3 is 0 Å². The van der Waals surface area contributed by atoms with Crippen molar-refractivity contribution in [2.75, 3.05) is 0 Å². The summed E-state index contributed by atoms with van der Waals surface area (Å²) >= 11 is 5.68. The molecule has 0 amide bonds. The van der Waals surface area contributed by atoms with Crippen molar-refractivity contribution in [1.82, 2.24) is 0 Å². The van der Waals surface area contributed by atoms with Gasteiger partial charge in [0.15, 0.2) is 0 Å². The van der Waals surface area contributed by atoms with Gasteiger partial charge in [0, 0.05) is 21.9 Å². The van der Waals surface area contributed by atoms with Crippen LogP contribution < -0.4 is 0 Å². The average molecular weight is 375 g/mol. The van der Waals surface area contributed by atoms with Crippen molar-refractivity contribution in [3.8, 4) is 0 Å². The summed E-state index contributed by atoms with van der Waals surface area (Å²) < 4.78 is 24.5. The Labute approximate surface area is 138 Å². The van der Waals surface area contributed by atoms with Crippen molar-refractivity contribution in [3.63, 3.8) is 0 Å². The minimum atomic E-state index is -3.94. The van der Waals surface area contributed by atoms with Crippen molar-refractivity contribution >= 4 is 42.6 Å². The van der Waals surface area contributed by atoms with E-state index in [-0.39, 0.29) is 20.6 Å².